The van der Waals surface area contributed by atoms with Crippen molar-refractivity contribution in [3.8, 4) is 0 Å². The number of benzene rings is 2. The lowest BCUT2D eigenvalue weighted by Crippen LogP contribution is -2.27. The Labute approximate surface area is 148 Å². The van der Waals surface area contributed by atoms with E-state index >= 15 is 0 Å². The van der Waals surface area contributed by atoms with Gasteiger partial charge in [-0.1, -0.05) is 12.1 Å². The van der Waals surface area contributed by atoms with Crippen molar-refractivity contribution < 1.29 is 13.8 Å². The predicted octanol–water partition coefficient (Wildman–Crippen LogP) is 2.35. The quantitative estimate of drug-likeness (QED) is 0.862. The van der Waals surface area contributed by atoms with Crippen molar-refractivity contribution in [2.45, 2.75) is 5.75 Å². The van der Waals surface area contributed by atoms with Crippen molar-refractivity contribution in [1.29, 1.82) is 0 Å². The van der Waals surface area contributed by atoms with Gasteiger partial charge in [-0.05, 0) is 42.0 Å². The molecule has 2 N–H and O–H groups in total. The second-order valence-electron chi connectivity index (χ2n) is 5.80. The molecule has 1 heterocycles. The van der Waals surface area contributed by atoms with Crippen LogP contribution >= 0.6 is 0 Å². The predicted molar refractivity (Wildman–Crippen MR) is 99.4 cm³/mol. The minimum atomic E-state index is -0.952. The average molecular weight is 357 g/mol. The fraction of sp³-hybridized carbons (Fsp3) is 0.222. The van der Waals surface area contributed by atoms with Crippen molar-refractivity contribution in [3.63, 3.8) is 0 Å². The molecule has 1 aliphatic heterocycles. The Bertz CT molecular complexity index is 821. The zero-order valence-electron chi connectivity index (χ0n) is 13.8. The van der Waals surface area contributed by atoms with Crippen LogP contribution < -0.4 is 15.5 Å². The second kappa shape index (κ2) is 7.48. The summed E-state index contributed by atoms with van der Waals surface area (Å²) in [4.78, 5) is 25.7. The topological polar surface area (TPSA) is 78.5 Å². The van der Waals surface area contributed by atoms with Gasteiger partial charge in [0, 0.05) is 52.8 Å². The molecule has 3 amide bonds. The van der Waals surface area contributed by atoms with Crippen LogP contribution in [-0.2, 0) is 16.6 Å². The molecule has 2 aromatic rings. The summed E-state index contributed by atoms with van der Waals surface area (Å²) >= 11 is 0. The molecule has 0 spiro atoms. The summed E-state index contributed by atoms with van der Waals surface area (Å²) in [6.45, 7) is 1.27. The fourth-order valence-corrected chi connectivity index (χ4v) is 3.33. The van der Waals surface area contributed by atoms with E-state index in [1.807, 2.05) is 6.07 Å². The highest BCUT2D eigenvalue weighted by atomic mass is 32.2. The van der Waals surface area contributed by atoms with Crippen molar-refractivity contribution in [3.05, 3.63) is 59.7 Å². The molecule has 0 radical (unpaired) electrons. The van der Waals surface area contributed by atoms with E-state index in [2.05, 4.69) is 10.6 Å². The van der Waals surface area contributed by atoms with Gasteiger partial charge in [0.05, 0.1) is 0 Å². The summed E-state index contributed by atoms with van der Waals surface area (Å²) < 4.78 is 11.3. The highest BCUT2D eigenvalue weighted by Crippen LogP contribution is 2.20. The monoisotopic (exact) mass is 357 g/mol. The van der Waals surface area contributed by atoms with Gasteiger partial charge in [-0.25, -0.2) is 4.79 Å². The lowest BCUT2D eigenvalue weighted by molar-refractivity contribution is 0.102. The molecule has 6 nitrogen and oxygen atoms in total. The lowest BCUT2D eigenvalue weighted by atomic mass is 10.1. The van der Waals surface area contributed by atoms with Gasteiger partial charge >= 0.3 is 6.03 Å². The van der Waals surface area contributed by atoms with Crippen LogP contribution in [0.2, 0.25) is 0 Å². The van der Waals surface area contributed by atoms with Gasteiger partial charge in [-0.3, -0.25) is 13.9 Å². The van der Waals surface area contributed by atoms with Crippen LogP contribution in [-0.4, -0.2) is 35.5 Å². The molecule has 3 rings (SSSR count). The summed E-state index contributed by atoms with van der Waals surface area (Å²) in [5, 5.41) is 5.58. The first-order valence-corrected chi connectivity index (χ1v) is 9.61. The molecule has 0 aromatic heterocycles. The standard InChI is InChI=1S/C18H19N3O3S/c1-25(24)12-13-3-2-4-14(11-13)17(22)20-15-5-7-16(8-6-15)21-10-9-19-18(21)23/h2-8,11H,9-10,12H2,1H3,(H,19,23)(H,20,22)/t25-/m1/s1. The molecule has 1 atom stereocenters. The third-order valence-electron chi connectivity index (χ3n) is 3.85. The SMILES string of the molecule is C[S@@](=O)Cc1cccc(C(=O)Nc2ccc(N3CCNC3=O)cc2)c1. The zero-order chi connectivity index (χ0) is 17.8. The van der Waals surface area contributed by atoms with E-state index in [4.69, 9.17) is 0 Å². The largest absolute Gasteiger partial charge is 0.336 e. The van der Waals surface area contributed by atoms with E-state index in [-0.39, 0.29) is 11.9 Å². The molecule has 1 fully saturated rings. The maximum atomic E-state index is 12.4. The van der Waals surface area contributed by atoms with Crippen LogP contribution in [0.4, 0.5) is 16.2 Å². The Kier molecular flexibility index (Phi) is 5.14. The molecule has 7 heteroatoms. The maximum Gasteiger partial charge on any atom is 0.321 e. The van der Waals surface area contributed by atoms with Crippen LogP contribution in [0.15, 0.2) is 48.5 Å². The smallest absolute Gasteiger partial charge is 0.321 e. The molecule has 0 unspecified atom stereocenters. The molecule has 0 saturated carbocycles. The molecule has 1 aliphatic rings. The molecule has 1 saturated heterocycles. The van der Waals surface area contributed by atoms with Crippen LogP contribution in [0.5, 0.6) is 0 Å². The van der Waals surface area contributed by atoms with Crippen LogP contribution in [0, 0.1) is 0 Å². The number of hydrogen-bond donors (Lipinski definition) is 2. The van der Waals surface area contributed by atoms with Crippen molar-refractivity contribution >= 4 is 34.1 Å². The Morgan fingerprint density at radius 2 is 2.00 bits per heavy atom. The Morgan fingerprint density at radius 1 is 1.24 bits per heavy atom. The Hall–Kier alpha value is -2.67. The van der Waals surface area contributed by atoms with Gasteiger partial charge in [0.25, 0.3) is 5.91 Å². The first kappa shape index (κ1) is 17.2. The number of nitrogens with zero attached hydrogens (tertiary/aromatic N) is 1. The molecule has 0 bridgehead atoms. The second-order valence-corrected chi connectivity index (χ2v) is 7.24. The van der Waals surface area contributed by atoms with Crippen molar-refractivity contribution in [2.24, 2.45) is 0 Å². The highest BCUT2D eigenvalue weighted by molar-refractivity contribution is 7.83. The Balaban J connectivity index is 1.68. The molecule has 25 heavy (non-hydrogen) atoms. The maximum absolute atomic E-state index is 12.4. The van der Waals surface area contributed by atoms with Crippen molar-refractivity contribution in [2.75, 3.05) is 29.6 Å². The van der Waals surface area contributed by atoms with E-state index in [0.717, 1.165) is 11.3 Å². The van der Waals surface area contributed by atoms with Crippen LogP contribution in [0.3, 0.4) is 0 Å². The first-order chi connectivity index (χ1) is 12.0. The third-order valence-corrected chi connectivity index (χ3v) is 4.59. The average Bonchev–Trinajstić information content (AvgIpc) is 3.01. The minimum Gasteiger partial charge on any atom is -0.336 e. The normalized spacial score (nSPS) is 14.9. The van der Waals surface area contributed by atoms with E-state index in [9.17, 15) is 13.8 Å². The minimum absolute atomic E-state index is 0.109. The molecule has 130 valence electrons. The van der Waals surface area contributed by atoms with Gasteiger partial charge in [-0.2, -0.15) is 0 Å². The number of carbonyl (C=O) groups excluding carboxylic acids is 2. The summed E-state index contributed by atoms with van der Waals surface area (Å²) in [5.74, 6) is 0.198. The van der Waals surface area contributed by atoms with Crippen LogP contribution in [0.1, 0.15) is 15.9 Å². The number of urea groups is 1. The molecule has 2 aromatic carbocycles. The summed E-state index contributed by atoms with van der Waals surface area (Å²) in [6, 6.07) is 14.1. The van der Waals surface area contributed by atoms with E-state index in [1.54, 1.807) is 53.6 Å². The van der Waals surface area contributed by atoms with Crippen molar-refractivity contribution in [1.82, 2.24) is 5.32 Å². The van der Waals surface area contributed by atoms with E-state index in [0.29, 0.717) is 30.1 Å². The van der Waals surface area contributed by atoms with E-state index < -0.39 is 10.8 Å². The van der Waals surface area contributed by atoms with Gasteiger partial charge in [-0.15, -0.1) is 0 Å². The number of hydrogen-bond acceptors (Lipinski definition) is 3. The number of rotatable bonds is 5. The number of anilines is 2. The van der Waals surface area contributed by atoms with Gasteiger partial charge in [0.2, 0.25) is 0 Å². The first-order valence-electron chi connectivity index (χ1n) is 7.89. The number of amides is 3. The Morgan fingerprint density at radius 3 is 2.64 bits per heavy atom. The summed E-state index contributed by atoms with van der Waals surface area (Å²) in [5.41, 5.74) is 2.83. The summed E-state index contributed by atoms with van der Waals surface area (Å²) in [6.07, 6.45) is 1.63. The molecule has 0 aliphatic carbocycles. The van der Waals surface area contributed by atoms with Crippen LogP contribution in [0.25, 0.3) is 0 Å². The highest BCUT2D eigenvalue weighted by Gasteiger charge is 2.20. The van der Waals surface area contributed by atoms with Gasteiger partial charge < -0.3 is 10.6 Å². The van der Waals surface area contributed by atoms with Gasteiger partial charge in [0.15, 0.2) is 0 Å². The lowest BCUT2D eigenvalue weighted by Gasteiger charge is -2.14. The fourth-order valence-electron chi connectivity index (χ4n) is 2.68. The zero-order valence-corrected chi connectivity index (χ0v) is 14.6. The molecular formula is C18H19N3O3S. The third kappa shape index (κ3) is 4.24. The van der Waals surface area contributed by atoms with E-state index in [1.165, 1.54) is 0 Å². The number of carbonyl (C=O) groups is 2. The van der Waals surface area contributed by atoms with Gasteiger partial charge in [0.1, 0.15) is 0 Å². The molecular weight excluding hydrogens is 338 g/mol. The summed E-state index contributed by atoms with van der Waals surface area (Å²) in [7, 11) is -0.952. The number of nitrogens with one attached hydrogen (secondary N) is 2.